The van der Waals surface area contributed by atoms with Gasteiger partial charge in [0.25, 0.3) is 0 Å². The first-order valence-corrected chi connectivity index (χ1v) is 8.22. The Balaban J connectivity index is 1.62. The molecule has 2 aliphatic rings. The zero-order chi connectivity index (χ0) is 14.0. The first kappa shape index (κ1) is 13.9. The van der Waals surface area contributed by atoms with Crippen LogP contribution >= 0.6 is 0 Å². The largest absolute Gasteiger partial charge is 0.389 e. The van der Waals surface area contributed by atoms with E-state index < -0.39 is 6.10 Å². The van der Waals surface area contributed by atoms with Crippen LogP contribution in [0.15, 0.2) is 24.3 Å². The molecule has 1 spiro atoms. The fourth-order valence-electron chi connectivity index (χ4n) is 4.21. The molecule has 110 valence electrons. The van der Waals surface area contributed by atoms with Crippen molar-refractivity contribution in [1.29, 1.82) is 0 Å². The first-order valence-electron chi connectivity index (χ1n) is 8.22. The van der Waals surface area contributed by atoms with E-state index in [2.05, 4.69) is 17.4 Å². The van der Waals surface area contributed by atoms with Crippen molar-refractivity contribution in [2.75, 3.05) is 5.32 Å². The Morgan fingerprint density at radius 2 is 1.75 bits per heavy atom. The summed E-state index contributed by atoms with van der Waals surface area (Å²) in [5, 5.41) is 13.5. The van der Waals surface area contributed by atoms with Crippen molar-refractivity contribution in [3.8, 4) is 0 Å². The van der Waals surface area contributed by atoms with E-state index in [1.165, 1.54) is 51.4 Å². The zero-order valence-corrected chi connectivity index (χ0v) is 12.6. The third-order valence-corrected chi connectivity index (χ3v) is 5.48. The van der Waals surface area contributed by atoms with Crippen LogP contribution in [0.1, 0.15) is 70.0 Å². The zero-order valence-electron chi connectivity index (χ0n) is 12.6. The van der Waals surface area contributed by atoms with Crippen LogP contribution in [0.3, 0.4) is 0 Å². The third kappa shape index (κ3) is 2.85. The van der Waals surface area contributed by atoms with E-state index in [1.807, 2.05) is 19.1 Å². The van der Waals surface area contributed by atoms with E-state index in [1.54, 1.807) is 0 Å². The smallest absolute Gasteiger partial charge is 0.0781 e. The van der Waals surface area contributed by atoms with Gasteiger partial charge in [-0.25, -0.2) is 0 Å². The van der Waals surface area contributed by atoms with Gasteiger partial charge < -0.3 is 10.4 Å². The third-order valence-electron chi connectivity index (χ3n) is 5.48. The Morgan fingerprint density at radius 3 is 2.40 bits per heavy atom. The van der Waals surface area contributed by atoms with Crippen LogP contribution < -0.4 is 5.32 Å². The molecule has 2 heteroatoms. The molecule has 20 heavy (non-hydrogen) atoms. The van der Waals surface area contributed by atoms with Crippen LogP contribution in [0.4, 0.5) is 5.69 Å². The average molecular weight is 273 g/mol. The molecular weight excluding hydrogens is 246 g/mol. The molecule has 2 saturated carbocycles. The van der Waals surface area contributed by atoms with E-state index in [4.69, 9.17) is 0 Å². The fraction of sp³-hybridized carbons (Fsp3) is 0.667. The predicted octanol–water partition coefficient (Wildman–Crippen LogP) is 4.65. The number of aliphatic hydroxyl groups excluding tert-OH is 1. The molecule has 2 N–H and O–H groups in total. The van der Waals surface area contributed by atoms with Gasteiger partial charge in [0.2, 0.25) is 0 Å². The molecule has 0 radical (unpaired) electrons. The highest BCUT2D eigenvalue weighted by molar-refractivity contribution is 5.52. The van der Waals surface area contributed by atoms with Crippen molar-refractivity contribution < 1.29 is 5.11 Å². The minimum Gasteiger partial charge on any atom is -0.389 e. The number of aliphatic hydroxyl groups is 1. The number of anilines is 1. The summed E-state index contributed by atoms with van der Waals surface area (Å²) < 4.78 is 0. The predicted molar refractivity (Wildman–Crippen MR) is 83.9 cm³/mol. The van der Waals surface area contributed by atoms with Gasteiger partial charge in [-0.2, -0.15) is 0 Å². The summed E-state index contributed by atoms with van der Waals surface area (Å²) in [6, 6.07) is 8.76. The van der Waals surface area contributed by atoms with Crippen molar-refractivity contribution >= 4 is 5.69 Å². The molecule has 1 aromatic carbocycles. The summed E-state index contributed by atoms with van der Waals surface area (Å²) in [6.45, 7) is 1.84. The molecule has 1 atom stereocenters. The van der Waals surface area contributed by atoms with E-state index in [-0.39, 0.29) is 0 Å². The summed E-state index contributed by atoms with van der Waals surface area (Å²) in [6.07, 6.45) is 10.8. The first-order chi connectivity index (χ1) is 9.69. The molecule has 0 heterocycles. The highest BCUT2D eigenvalue weighted by Gasteiger charge is 2.37. The highest BCUT2D eigenvalue weighted by atomic mass is 16.3. The molecular formula is C18H27NO. The van der Waals surface area contributed by atoms with Crippen LogP contribution in [0.5, 0.6) is 0 Å². The van der Waals surface area contributed by atoms with E-state index in [9.17, 15) is 5.11 Å². The molecule has 0 aliphatic heterocycles. The summed E-state index contributed by atoms with van der Waals surface area (Å²) in [4.78, 5) is 0. The van der Waals surface area contributed by atoms with Crippen molar-refractivity contribution in [3.63, 3.8) is 0 Å². The van der Waals surface area contributed by atoms with Crippen molar-refractivity contribution in [3.05, 3.63) is 29.8 Å². The number of hydrogen-bond donors (Lipinski definition) is 2. The standard InChI is InChI=1S/C18H27NO/c1-14(20)16-6-2-3-7-17(16)19-15-8-12-18(13-9-15)10-4-5-11-18/h2-3,6-7,14-15,19-20H,4-5,8-13H2,1H3. The lowest BCUT2D eigenvalue weighted by Crippen LogP contribution is -2.32. The Bertz CT molecular complexity index is 438. The van der Waals surface area contributed by atoms with Crippen LogP contribution in [-0.4, -0.2) is 11.1 Å². The Kier molecular flexibility index (Phi) is 4.02. The summed E-state index contributed by atoms with van der Waals surface area (Å²) in [5.74, 6) is 0. The monoisotopic (exact) mass is 273 g/mol. The number of rotatable bonds is 3. The van der Waals surface area contributed by atoms with Gasteiger partial charge in [-0.15, -0.1) is 0 Å². The average Bonchev–Trinajstić information content (AvgIpc) is 2.90. The van der Waals surface area contributed by atoms with Crippen LogP contribution in [0.2, 0.25) is 0 Å². The molecule has 1 unspecified atom stereocenters. The van der Waals surface area contributed by atoms with Crippen LogP contribution in [0.25, 0.3) is 0 Å². The molecule has 0 amide bonds. The number of nitrogens with one attached hydrogen (secondary N) is 1. The molecule has 2 fully saturated rings. The van der Waals surface area contributed by atoms with Gasteiger partial charge in [-0.3, -0.25) is 0 Å². The lowest BCUT2D eigenvalue weighted by atomic mass is 9.71. The summed E-state index contributed by atoms with van der Waals surface area (Å²) in [7, 11) is 0. The van der Waals surface area contributed by atoms with Gasteiger partial charge in [-0.05, 0) is 56.9 Å². The SMILES string of the molecule is CC(O)c1ccccc1NC1CCC2(CCCC2)CC1. The van der Waals surface area contributed by atoms with E-state index in [0.29, 0.717) is 11.5 Å². The lowest BCUT2D eigenvalue weighted by molar-refractivity contribution is 0.187. The van der Waals surface area contributed by atoms with Crippen molar-refractivity contribution in [2.45, 2.75) is 70.4 Å². The Labute approximate surface area is 122 Å². The number of hydrogen-bond acceptors (Lipinski definition) is 2. The fourth-order valence-corrected chi connectivity index (χ4v) is 4.21. The molecule has 0 bridgehead atoms. The van der Waals surface area contributed by atoms with Crippen LogP contribution in [0, 0.1) is 5.41 Å². The van der Waals surface area contributed by atoms with Crippen molar-refractivity contribution in [2.24, 2.45) is 5.41 Å². The topological polar surface area (TPSA) is 32.3 Å². The molecule has 0 saturated heterocycles. The number of benzene rings is 1. The van der Waals surface area contributed by atoms with Gasteiger partial charge in [0.1, 0.15) is 0 Å². The van der Waals surface area contributed by atoms with Gasteiger partial charge in [0.15, 0.2) is 0 Å². The minimum atomic E-state index is -0.400. The lowest BCUT2D eigenvalue weighted by Gasteiger charge is -2.38. The van der Waals surface area contributed by atoms with Crippen molar-refractivity contribution in [1.82, 2.24) is 0 Å². The van der Waals surface area contributed by atoms with E-state index in [0.717, 1.165) is 11.3 Å². The summed E-state index contributed by atoms with van der Waals surface area (Å²) >= 11 is 0. The normalized spacial score (nSPS) is 23.9. The minimum absolute atomic E-state index is 0.400. The second-order valence-corrected chi connectivity index (χ2v) is 6.89. The quantitative estimate of drug-likeness (QED) is 0.840. The number of para-hydroxylation sites is 1. The van der Waals surface area contributed by atoms with Gasteiger partial charge in [0, 0.05) is 17.3 Å². The van der Waals surface area contributed by atoms with E-state index >= 15 is 0 Å². The Hall–Kier alpha value is -1.02. The van der Waals surface area contributed by atoms with Gasteiger partial charge >= 0.3 is 0 Å². The maximum atomic E-state index is 9.86. The molecule has 2 aliphatic carbocycles. The van der Waals surface area contributed by atoms with Gasteiger partial charge in [-0.1, -0.05) is 31.0 Å². The maximum absolute atomic E-state index is 9.86. The molecule has 2 nitrogen and oxygen atoms in total. The summed E-state index contributed by atoms with van der Waals surface area (Å²) in [5.41, 5.74) is 2.84. The van der Waals surface area contributed by atoms with Gasteiger partial charge in [0.05, 0.1) is 6.10 Å². The second kappa shape index (κ2) is 5.77. The van der Waals surface area contributed by atoms with Crippen LogP contribution in [-0.2, 0) is 0 Å². The second-order valence-electron chi connectivity index (χ2n) is 6.89. The Morgan fingerprint density at radius 1 is 1.10 bits per heavy atom. The molecule has 0 aromatic heterocycles. The molecule has 1 aromatic rings. The molecule has 3 rings (SSSR count). The highest BCUT2D eigenvalue weighted by Crippen LogP contribution is 2.49. The maximum Gasteiger partial charge on any atom is 0.0781 e.